The van der Waals surface area contributed by atoms with E-state index in [0.717, 1.165) is 36.8 Å². The summed E-state index contributed by atoms with van der Waals surface area (Å²) in [5.41, 5.74) is 14.0. The van der Waals surface area contributed by atoms with Crippen molar-refractivity contribution in [3.05, 3.63) is 95.6 Å². The molecule has 3 rings (SSSR count). The maximum Gasteiger partial charge on any atom is 0.255 e. The van der Waals surface area contributed by atoms with E-state index in [9.17, 15) is 4.79 Å². The fourth-order valence-corrected chi connectivity index (χ4v) is 3.65. The number of unbranched alkanes of at least 4 members (excludes halogenated alkanes) is 2. The molecule has 0 aliphatic heterocycles. The highest BCUT2D eigenvalue weighted by molar-refractivity contribution is 5.98. The summed E-state index contributed by atoms with van der Waals surface area (Å²) in [6.45, 7) is 1.75. The molecule has 0 heterocycles. The molecule has 0 spiro atoms. The molecule has 0 bridgehead atoms. The number of nitrogens with one attached hydrogen (secondary N) is 1. The molecule has 1 atom stereocenters. The van der Waals surface area contributed by atoms with Gasteiger partial charge in [-0.25, -0.2) is 0 Å². The maximum absolute atomic E-state index is 13.2. The van der Waals surface area contributed by atoms with Crippen LogP contribution in [0.25, 0.3) is 0 Å². The molecule has 0 saturated heterocycles. The summed E-state index contributed by atoms with van der Waals surface area (Å²) in [7, 11) is 0. The predicted octanol–water partition coefficient (Wildman–Crippen LogP) is 4.42. The molecule has 0 saturated carbocycles. The molecule has 0 aliphatic rings. The Hall–Kier alpha value is -3.35. The smallest absolute Gasteiger partial charge is 0.255 e. The zero-order valence-corrected chi connectivity index (χ0v) is 19.6. The van der Waals surface area contributed by atoms with Crippen molar-refractivity contribution in [3.8, 4) is 11.5 Å². The minimum atomic E-state index is -0.220. The second-order valence-electron chi connectivity index (χ2n) is 8.23. The van der Waals surface area contributed by atoms with E-state index in [1.165, 1.54) is 0 Å². The number of hydrogen-bond donors (Lipinski definition) is 3. The van der Waals surface area contributed by atoms with E-state index in [0.29, 0.717) is 43.4 Å². The van der Waals surface area contributed by atoms with E-state index in [1.807, 2.05) is 72.8 Å². The fraction of sp³-hybridized carbons (Fsp3) is 0.321. The molecule has 0 fully saturated rings. The van der Waals surface area contributed by atoms with Crippen molar-refractivity contribution in [2.24, 2.45) is 11.5 Å². The van der Waals surface area contributed by atoms with Gasteiger partial charge >= 0.3 is 0 Å². The third-order valence-corrected chi connectivity index (χ3v) is 5.56. The zero-order valence-electron chi connectivity index (χ0n) is 19.6. The summed E-state index contributed by atoms with van der Waals surface area (Å²) in [5, 5.41) is 3.07. The number of rotatable bonds is 14. The number of hydrogen-bond acceptors (Lipinski definition) is 5. The lowest BCUT2D eigenvalue weighted by atomic mass is 10.1. The van der Waals surface area contributed by atoms with Crippen molar-refractivity contribution < 1.29 is 14.3 Å². The van der Waals surface area contributed by atoms with Gasteiger partial charge in [0.05, 0.1) is 5.56 Å². The summed E-state index contributed by atoms with van der Waals surface area (Å²) in [5.74, 6) is 0.737. The van der Waals surface area contributed by atoms with Crippen molar-refractivity contribution in [1.82, 2.24) is 5.32 Å². The average Bonchev–Trinajstić information content (AvgIpc) is 2.89. The topological polar surface area (TPSA) is 99.6 Å². The Labute approximate surface area is 202 Å². The van der Waals surface area contributed by atoms with E-state index >= 15 is 0 Å². The van der Waals surface area contributed by atoms with Gasteiger partial charge in [-0.15, -0.1) is 0 Å². The van der Waals surface area contributed by atoms with Crippen LogP contribution in [0.2, 0.25) is 0 Å². The first-order chi connectivity index (χ1) is 16.7. The van der Waals surface area contributed by atoms with Crippen molar-refractivity contribution >= 4 is 5.91 Å². The largest absolute Gasteiger partial charge is 0.485 e. The van der Waals surface area contributed by atoms with Crippen LogP contribution in [0, 0.1) is 0 Å². The molecular weight excluding hydrogens is 426 g/mol. The highest BCUT2D eigenvalue weighted by atomic mass is 16.5. The summed E-state index contributed by atoms with van der Waals surface area (Å²) in [6.07, 6.45) is 3.78. The molecule has 6 nitrogen and oxygen atoms in total. The first kappa shape index (κ1) is 25.3. The molecular formula is C28H35N3O3. The van der Waals surface area contributed by atoms with Gasteiger partial charge in [-0.2, -0.15) is 0 Å². The van der Waals surface area contributed by atoms with E-state index in [4.69, 9.17) is 20.9 Å². The highest BCUT2D eigenvalue weighted by Gasteiger charge is 2.20. The van der Waals surface area contributed by atoms with Gasteiger partial charge < -0.3 is 26.3 Å². The van der Waals surface area contributed by atoms with E-state index < -0.39 is 0 Å². The summed E-state index contributed by atoms with van der Waals surface area (Å²) in [6, 6.07) is 25.0. The second kappa shape index (κ2) is 14.0. The first-order valence-corrected chi connectivity index (χ1v) is 11.9. The van der Waals surface area contributed by atoms with Crippen LogP contribution < -0.4 is 26.3 Å². The van der Waals surface area contributed by atoms with Gasteiger partial charge in [0.15, 0.2) is 11.5 Å². The number of ether oxygens (including phenoxy) is 2. The Morgan fingerprint density at radius 2 is 1.41 bits per heavy atom. The maximum atomic E-state index is 13.2. The average molecular weight is 462 g/mol. The number of amides is 1. The van der Waals surface area contributed by atoms with Crippen molar-refractivity contribution in [2.75, 3.05) is 13.1 Å². The quantitative estimate of drug-likeness (QED) is 0.309. The lowest BCUT2D eigenvalue weighted by Crippen LogP contribution is -2.40. The SMILES string of the molecule is NCCCCC[C@@H](CN)NC(=O)c1cccc(OCc2ccccc2)c1OCc1ccccc1. The van der Waals surface area contributed by atoms with Gasteiger partial charge in [-0.1, -0.05) is 79.6 Å². The van der Waals surface area contributed by atoms with Gasteiger partial charge in [0, 0.05) is 12.6 Å². The van der Waals surface area contributed by atoms with Gasteiger partial charge in [-0.05, 0) is 42.6 Å². The van der Waals surface area contributed by atoms with Crippen LogP contribution in [0.15, 0.2) is 78.9 Å². The van der Waals surface area contributed by atoms with Crippen LogP contribution in [-0.4, -0.2) is 25.0 Å². The van der Waals surface area contributed by atoms with Crippen LogP contribution in [0.1, 0.15) is 47.2 Å². The van der Waals surface area contributed by atoms with Gasteiger partial charge in [0.1, 0.15) is 13.2 Å². The number of carbonyl (C=O) groups is 1. The van der Waals surface area contributed by atoms with Crippen molar-refractivity contribution in [2.45, 2.75) is 44.9 Å². The minimum Gasteiger partial charge on any atom is -0.485 e. The number of carbonyl (C=O) groups excluding carboxylic acids is 1. The van der Waals surface area contributed by atoms with E-state index in [2.05, 4.69) is 5.32 Å². The molecule has 3 aromatic carbocycles. The van der Waals surface area contributed by atoms with E-state index in [-0.39, 0.29) is 11.9 Å². The Bertz CT molecular complexity index is 996. The molecule has 0 unspecified atom stereocenters. The molecule has 34 heavy (non-hydrogen) atoms. The highest BCUT2D eigenvalue weighted by Crippen LogP contribution is 2.33. The Balaban J connectivity index is 1.77. The molecule has 0 aliphatic carbocycles. The van der Waals surface area contributed by atoms with Crippen LogP contribution in [0.4, 0.5) is 0 Å². The predicted molar refractivity (Wildman–Crippen MR) is 136 cm³/mol. The molecule has 180 valence electrons. The second-order valence-corrected chi connectivity index (χ2v) is 8.23. The van der Waals surface area contributed by atoms with Crippen LogP contribution in [0.5, 0.6) is 11.5 Å². The molecule has 5 N–H and O–H groups in total. The molecule has 0 aromatic heterocycles. The first-order valence-electron chi connectivity index (χ1n) is 11.9. The normalized spacial score (nSPS) is 11.6. The number of benzene rings is 3. The number of para-hydroxylation sites is 1. The summed E-state index contributed by atoms with van der Waals surface area (Å²) >= 11 is 0. The van der Waals surface area contributed by atoms with Crippen LogP contribution in [0.3, 0.4) is 0 Å². The number of nitrogens with two attached hydrogens (primary N) is 2. The molecule has 1 amide bonds. The lowest BCUT2D eigenvalue weighted by Gasteiger charge is -2.20. The lowest BCUT2D eigenvalue weighted by molar-refractivity contribution is 0.0930. The summed E-state index contributed by atoms with van der Waals surface area (Å²) < 4.78 is 12.2. The van der Waals surface area contributed by atoms with Crippen LogP contribution >= 0.6 is 0 Å². The molecule has 0 radical (unpaired) electrons. The summed E-state index contributed by atoms with van der Waals surface area (Å²) in [4.78, 5) is 13.2. The third kappa shape index (κ3) is 7.90. The molecule has 6 heteroatoms. The Kier molecular flexibility index (Phi) is 10.4. The molecule has 3 aromatic rings. The fourth-order valence-electron chi connectivity index (χ4n) is 3.65. The van der Waals surface area contributed by atoms with Gasteiger partial charge in [0.25, 0.3) is 5.91 Å². The van der Waals surface area contributed by atoms with Crippen molar-refractivity contribution in [1.29, 1.82) is 0 Å². The van der Waals surface area contributed by atoms with E-state index in [1.54, 1.807) is 6.07 Å². The standard InChI is InChI=1S/C28H35N3O3/c29-18-9-3-8-15-24(19-30)31-28(32)25-16-10-17-26(33-20-22-11-4-1-5-12-22)27(25)34-21-23-13-6-2-7-14-23/h1-2,4-7,10-14,16-17,24H,3,8-9,15,18-21,29-30H2,(H,31,32)/t24-/m0/s1. The Morgan fingerprint density at radius 1 is 0.765 bits per heavy atom. The van der Waals surface area contributed by atoms with Gasteiger partial charge in [0.2, 0.25) is 0 Å². The van der Waals surface area contributed by atoms with Gasteiger partial charge in [-0.3, -0.25) is 4.79 Å². The third-order valence-electron chi connectivity index (χ3n) is 5.56. The monoisotopic (exact) mass is 461 g/mol. The van der Waals surface area contributed by atoms with Crippen LogP contribution in [-0.2, 0) is 13.2 Å². The van der Waals surface area contributed by atoms with Crippen molar-refractivity contribution in [3.63, 3.8) is 0 Å². The zero-order chi connectivity index (χ0) is 24.0. The Morgan fingerprint density at radius 3 is 2.03 bits per heavy atom. The minimum absolute atomic E-state index is 0.110.